The molecule has 0 amide bonds. The van der Waals surface area contributed by atoms with Crippen LogP contribution in [0.1, 0.15) is 18.9 Å². The van der Waals surface area contributed by atoms with Crippen molar-refractivity contribution in [2.24, 2.45) is 5.73 Å². The fraction of sp³-hybridized carbons (Fsp3) is 0.615. The van der Waals surface area contributed by atoms with Crippen molar-refractivity contribution in [2.75, 3.05) is 32.1 Å². The van der Waals surface area contributed by atoms with Crippen LogP contribution >= 0.6 is 0 Å². The third-order valence-corrected chi connectivity index (χ3v) is 4.56. The first-order chi connectivity index (χ1) is 9.60. The van der Waals surface area contributed by atoms with Crippen molar-refractivity contribution >= 4 is 10.0 Å². The van der Waals surface area contributed by atoms with Gasteiger partial charge in [-0.1, -0.05) is 6.07 Å². The van der Waals surface area contributed by atoms with E-state index in [9.17, 15) is 8.42 Å². The Morgan fingerprint density at radius 2 is 2.25 bits per heavy atom. The largest absolute Gasteiger partial charge is 0.381 e. The van der Waals surface area contributed by atoms with Crippen molar-refractivity contribution in [3.8, 4) is 0 Å². The van der Waals surface area contributed by atoms with Crippen molar-refractivity contribution in [1.29, 1.82) is 0 Å². The summed E-state index contributed by atoms with van der Waals surface area (Å²) in [7, 11) is -3.34. The molecule has 6 nitrogen and oxygen atoms in total. The van der Waals surface area contributed by atoms with E-state index in [0.717, 1.165) is 5.56 Å². The van der Waals surface area contributed by atoms with Gasteiger partial charge in [-0.2, -0.15) is 4.31 Å². The van der Waals surface area contributed by atoms with Crippen molar-refractivity contribution in [3.05, 3.63) is 30.1 Å². The molecule has 0 spiro atoms. The Morgan fingerprint density at radius 1 is 1.45 bits per heavy atom. The van der Waals surface area contributed by atoms with Crippen LogP contribution in [-0.2, 0) is 21.3 Å². The predicted octanol–water partition coefficient (Wildman–Crippen LogP) is 0.599. The Labute approximate surface area is 121 Å². The number of sulfonamides is 1. The van der Waals surface area contributed by atoms with Gasteiger partial charge in [0.25, 0.3) is 0 Å². The fourth-order valence-corrected chi connectivity index (χ4v) is 3.06. The van der Waals surface area contributed by atoms with Crippen molar-refractivity contribution in [3.63, 3.8) is 0 Å². The zero-order valence-corrected chi connectivity index (χ0v) is 12.7. The van der Waals surface area contributed by atoms with Crippen LogP contribution in [0, 0.1) is 0 Å². The lowest BCUT2D eigenvalue weighted by atomic mass is 10.3. The molecule has 1 aromatic rings. The minimum Gasteiger partial charge on any atom is -0.381 e. The highest BCUT2D eigenvalue weighted by Crippen LogP contribution is 2.10. The molecule has 2 N–H and O–H groups in total. The molecule has 7 heteroatoms. The summed E-state index contributed by atoms with van der Waals surface area (Å²) in [6, 6.07) is 3.66. The summed E-state index contributed by atoms with van der Waals surface area (Å²) in [5.74, 6) is -0.00826. The highest BCUT2D eigenvalue weighted by Gasteiger charge is 2.21. The van der Waals surface area contributed by atoms with E-state index in [-0.39, 0.29) is 12.4 Å². The summed E-state index contributed by atoms with van der Waals surface area (Å²) >= 11 is 0. The molecule has 0 fully saturated rings. The third kappa shape index (κ3) is 5.96. The van der Waals surface area contributed by atoms with Gasteiger partial charge in [0.05, 0.1) is 12.4 Å². The number of rotatable bonds is 10. The number of nitrogens with two attached hydrogens (primary N) is 1. The fourth-order valence-electron chi connectivity index (χ4n) is 1.72. The molecular weight excluding hydrogens is 278 g/mol. The Bertz CT molecular complexity index is 465. The number of pyridine rings is 1. The molecule has 0 aromatic carbocycles. The molecule has 114 valence electrons. The van der Waals surface area contributed by atoms with Gasteiger partial charge >= 0.3 is 0 Å². The molecule has 0 bridgehead atoms. The summed E-state index contributed by atoms with van der Waals surface area (Å²) in [6.45, 7) is 3.77. The second-order valence-corrected chi connectivity index (χ2v) is 6.44. The van der Waals surface area contributed by atoms with E-state index in [1.165, 1.54) is 4.31 Å². The van der Waals surface area contributed by atoms with E-state index in [1.54, 1.807) is 18.5 Å². The number of aromatic nitrogens is 1. The van der Waals surface area contributed by atoms with Gasteiger partial charge < -0.3 is 10.5 Å². The van der Waals surface area contributed by atoms with Gasteiger partial charge in [0.2, 0.25) is 10.0 Å². The molecule has 0 atom stereocenters. The smallest absolute Gasteiger partial charge is 0.216 e. The topological polar surface area (TPSA) is 85.5 Å². The maximum Gasteiger partial charge on any atom is 0.216 e. The molecule has 0 saturated carbocycles. The van der Waals surface area contributed by atoms with E-state index in [0.29, 0.717) is 32.7 Å². The summed E-state index contributed by atoms with van der Waals surface area (Å²) in [5.41, 5.74) is 6.34. The number of hydrogen-bond acceptors (Lipinski definition) is 5. The van der Waals surface area contributed by atoms with Crippen molar-refractivity contribution in [2.45, 2.75) is 19.9 Å². The van der Waals surface area contributed by atoms with Gasteiger partial charge in [-0.15, -0.1) is 0 Å². The Hall–Kier alpha value is -1.02. The SMILES string of the molecule is CCOCCS(=O)(=O)N(CCCN)Cc1cccnc1. The summed E-state index contributed by atoms with van der Waals surface area (Å²) < 4.78 is 31.2. The first-order valence-corrected chi connectivity index (χ1v) is 8.35. The summed E-state index contributed by atoms with van der Waals surface area (Å²) in [5, 5.41) is 0. The summed E-state index contributed by atoms with van der Waals surface area (Å²) in [6.07, 6.45) is 3.97. The van der Waals surface area contributed by atoms with Gasteiger partial charge in [0, 0.05) is 32.1 Å². The highest BCUT2D eigenvalue weighted by atomic mass is 32.2. The lowest BCUT2D eigenvalue weighted by Gasteiger charge is -2.22. The second kappa shape index (κ2) is 9.02. The normalized spacial score (nSPS) is 11.9. The molecule has 20 heavy (non-hydrogen) atoms. The lowest BCUT2D eigenvalue weighted by molar-refractivity contribution is 0.162. The van der Waals surface area contributed by atoms with Gasteiger partial charge in [-0.05, 0) is 31.5 Å². The van der Waals surface area contributed by atoms with Gasteiger partial charge in [-0.25, -0.2) is 8.42 Å². The minimum atomic E-state index is -3.34. The number of ether oxygens (including phenoxy) is 1. The predicted molar refractivity (Wildman–Crippen MR) is 78.6 cm³/mol. The van der Waals surface area contributed by atoms with E-state index in [4.69, 9.17) is 10.5 Å². The van der Waals surface area contributed by atoms with Gasteiger partial charge in [0.15, 0.2) is 0 Å². The Balaban J connectivity index is 2.72. The highest BCUT2D eigenvalue weighted by molar-refractivity contribution is 7.89. The molecule has 0 radical (unpaired) electrons. The molecule has 0 aliphatic rings. The van der Waals surface area contributed by atoms with E-state index in [1.807, 2.05) is 13.0 Å². The molecule has 1 rings (SSSR count). The zero-order chi connectivity index (χ0) is 14.8. The van der Waals surface area contributed by atoms with Crippen LogP contribution in [0.2, 0.25) is 0 Å². The molecule has 1 aromatic heterocycles. The van der Waals surface area contributed by atoms with Crippen LogP contribution in [0.3, 0.4) is 0 Å². The Morgan fingerprint density at radius 3 is 2.85 bits per heavy atom. The average Bonchev–Trinajstić information content (AvgIpc) is 2.44. The van der Waals surface area contributed by atoms with Gasteiger partial charge in [0.1, 0.15) is 0 Å². The molecule has 0 aliphatic heterocycles. The van der Waals surface area contributed by atoms with Gasteiger partial charge in [-0.3, -0.25) is 4.98 Å². The van der Waals surface area contributed by atoms with Crippen LogP contribution in [0.4, 0.5) is 0 Å². The quantitative estimate of drug-likeness (QED) is 0.640. The molecular formula is C13H23N3O3S. The van der Waals surface area contributed by atoms with Crippen LogP contribution in [0.15, 0.2) is 24.5 Å². The third-order valence-electron chi connectivity index (χ3n) is 2.78. The molecule has 0 unspecified atom stereocenters. The van der Waals surface area contributed by atoms with Crippen LogP contribution in [-0.4, -0.2) is 49.8 Å². The van der Waals surface area contributed by atoms with E-state index >= 15 is 0 Å². The first-order valence-electron chi connectivity index (χ1n) is 6.74. The first kappa shape index (κ1) is 17.0. The molecule has 0 saturated heterocycles. The molecule has 0 aliphatic carbocycles. The zero-order valence-electron chi connectivity index (χ0n) is 11.9. The lowest BCUT2D eigenvalue weighted by Crippen LogP contribution is -2.35. The number of hydrogen-bond donors (Lipinski definition) is 1. The Kier molecular flexibility index (Phi) is 7.68. The summed E-state index contributed by atoms with van der Waals surface area (Å²) in [4.78, 5) is 4.00. The molecule has 1 heterocycles. The van der Waals surface area contributed by atoms with Crippen LogP contribution < -0.4 is 5.73 Å². The van der Waals surface area contributed by atoms with E-state index < -0.39 is 10.0 Å². The monoisotopic (exact) mass is 301 g/mol. The minimum absolute atomic E-state index is 0.00826. The average molecular weight is 301 g/mol. The van der Waals surface area contributed by atoms with Crippen LogP contribution in [0.25, 0.3) is 0 Å². The van der Waals surface area contributed by atoms with Crippen molar-refractivity contribution < 1.29 is 13.2 Å². The maximum absolute atomic E-state index is 12.3. The maximum atomic E-state index is 12.3. The number of nitrogens with zero attached hydrogens (tertiary/aromatic N) is 2. The van der Waals surface area contributed by atoms with Crippen LogP contribution in [0.5, 0.6) is 0 Å². The van der Waals surface area contributed by atoms with Crippen molar-refractivity contribution in [1.82, 2.24) is 9.29 Å². The van der Waals surface area contributed by atoms with E-state index in [2.05, 4.69) is 4.98 Å². The standard InChI is InChI=1S/C13H23N3O3S/c1-2-19-9-10-20(17,18)16(8-4-6-14)12-13-5-3-7-15-11-13/h3,5,7,11H,2,4,6,8-10,12,14H2,1H3. The second-order valence-electron chi connectivity index (χ2n) is 4.35.